The fourth-order valence-corrected chi connectivity index (χ4v) is 1.52. The van der Waals surface area contributed by atoms with E-state index in [0.717, 1.165) is 12.3 Å². The van der Waals surface area contributed by atoms with Gasteiger partial charge in [0.25, 0.3) is 4.84 Å². The average molecular weight is 257 g/mol. The van der Waals surface area contributed by atoms with Crippen molar-refractivity contribution in [2.45, 2.75) is 0 Å². The Balaban J connectivity index is 2.71. The Bertz CT molecular complexity index is 647. The van der Waals surface area contributed by atoms with E-state index >= 15 is 0 Å². The van der Waals surface area contributed by atoms with Gasteiger partial charge in [-0.3, -0.25) is 0 Å². The van der Waals surface area contributed by atoms with Crippen molar-refractivity contribution < 1.29 is 23.1 Å². The van der Waals surface area contributed by atoms with Crippen LogP contribution < -0.4 is 0 Å². The minimum atomic E-state index is -1.38. The number of carboxylic acids is 1. The van der Waals surface area contributed by atoms with Crippen molar-refractivity contribution in [2.24, 2.45) is 0 Å². The van der Waals surface area contributed by atoms with Gasteiger partial charge in [0.05, 0.1) is 11.3 Å². The van der Waals surface area contributed by atoms with Crippen molar-refractivity contribution in [1.29, 1.82) is 0 Å². The molecule has 0 unspecified atom stereocenters. The van der Waals surface area contributed by atoms with E-state index < -0.39 is 17.6 Å². The molecule has 7 heteroatoms. The number of hydrogen-bond acceptors (Lipinski definition) is 3. The number of halogens is 2. The van der Waals surface area contributed by atoms with E-state index in [1.165, 1.54) is 0 Å². The van der Waals surface area contributed by atoms with Crippen LogP contribution in [0.15, 0.2) is 22.8 Å². The minimum absolute atomic E-state index is 0.0149. The molecule has 1 aromatic carbocycles. The second-order valence-corrected chi connectivity index (χ2v) is 3.55. The van der Waals surface area contributed by atoms with Crippen LogP contribution in [0.4, 0.5) is 8.78 Å². The summed E-state index contributed by atoms with van der Waals surface area (Å²) in [6.07, 6.45) is 1.14. The van der Waals surface area contributed by atoms with Crippen molar-refractivity contribution in [3.05, 3.63) is 40.4 Å². The zero-order chi connectivity index (χ0) is 12.6. The summed E-state index contributed by atoms with van der Waals surface area (Å²) in [5, 5.41) is 8.89. The highest BCUT2D eigenvalue weighted by atomic mass is 32.1. The molecule has 88 valence electrons. The van der Waals surface area contributed by atoms with Gasteiger partial charge < -0.3 is 14.5 Å². The molecule has 0 saturated carbocycles. The first-order chi connectivity index (χ1) is 7.99. The molecule has 2 aromatic rings. The number of aromatic carboxylic acids is 1. The van der Waals surface area contributed by atoms with Crippen LogP contribution in [0.5, 0.6) is 0 Å². The molecule has 0 aliphatic rings. The highest BCUT2D eigenvalue weighted by Gasteiger charge is 2.17. The van der Waals surface area contributed by atoms with Crippen LogP contribution in [0.25, 0.3) is 11.3 Å². The Kier molecular flexibility index (Phi) is 2.76. The molecule has 2 N–H and O–H groups in total. The van der Waals surface area contributed by atoms with Gasteiger partial charge in [0.15, 0.2) is 11.6 Å². The van der Waals surface area contributed by atoms with Crippen molar-refractivity contribution in [2.75, 3.05) is 0 Å². The van der Waals surface area contributed by atoms with E-state index in [9.17, 15) is 13.6 Å². The van der Waals surface area contributed by atoms with E-state index in [4.69, 9.17) is 9.52 Å². The van der Waals surface area contributed by atoms with Crippen LogP contribution in [-0.4, -0.2) is 16.1 Å². The molecule has 0 amide bonds. The van der Waals surface area contributed by atoms with Crippen LogP contribution >= 0.6 is 12.2 Å². The summed E-state index contributed by atoms with van der Waals surface area (Å²) in [6, 6.07) is 1.38. The van der Waals surface area contributed by atoms with Gasteiger partial charge in [-0.25, -0.2) is 13.6 Å². The number of H-pyrrole nitrogens is 1. The van der Waals surface area contributed by atoms with E-state index in [1.807, 2.05) is 0 Å². The Hall–Kier alpha value is -2.02. The molecule has 0 saturated heterocycles. The molecule has 0 aliphatic carbocycles. The molecule has 17 heavy (non-hydrogen) atoms. The lowest BCUT2D eigenvalue weighted by Crippen LogP contribution is -2.02. The Labute approximate surface area is 98.5 Å². The fourth-order valence-electron chi connectivity index (χ4n) is 1.36. The zero-order valence-electron chi connectivity index (χ0n) is 8.16. The van der Waals surface area contributed by atoms with Gasteiger partial charge in [0, 0.05) is 5.56 Å². The SMILES string of the molecule is O=C(O)c1cc(F)c(F)cc1-c1coc(=S)[nH]1. The van der Waals surface area contributed by atoms with Crippen molar-refractivity contribution in [3.63, 3.8) is 0 Å². The Morgan fingerprint density at radius 1 is 1.35 bits per heavy atom. The lowest BCUT2D eigenvalue weighted by Gasteiger charge is -2.04. The molecular weight excluding hydrogens is 252 g/mol. The van der Waals surface area contributed by atoms with Crippen LogP contribution in [0.1, 0.15) is 10.4 Å². The summed E-state index contributed by atoms with van der Waals surface area (Å²) in [6.45, 7) is 0. The summed E-state index contributed by atoms with van der Waals surface area (Å²) in [5.41, 5.74) is -0.237. The summed E-state index contributed by atoms with van der Waals surface area (Å²) in [7, 11) is 0. The normalized spacial score (nSPS) is 10.5. The van der Waals surface area contributed by atoms with Crippen LogP contribution in [0.2, 0.25) is 0 Å². The number of carboxylic acid groups (broad SMARTS) is 1. The predicted molar refractivity (Wildman–Crippen MR) is 56.2 cm³/mol. The summed E-state index contributed by atoms with van der Waals surface area (Å²) >= 11 is 4.66. The van der Waals surface area contributed by atoms with E-state index in [0.29, 0.717) is 6.07 Å². The summed E-state index contributed by atoms with van der Waals surface area (Å²) in [4.78, 5) is 13.5. The molecule has 1 heterocycles. The molecule has 0 radical (unpaired) electrons. The van der Waals surface area contributed by atoms with E-state index in [-0.39, 0.29) is 21.7 Å². The van der Waals surface area contributed by atoms with Crippen LogP contribution in [0, 0.1) is 16.5 Å². The number of rotatable bonds is 2. The van der Waals surface area contributed by atoms with Crippen LogP contribution in [0.3, 0.4) is 0 Å². The quantitative estimate of drug-likeness (QED) is 0.812. The predicted octanol–water partition coefficient (Wildman–Crippen LogP) is 2.98. The third-order valence-corrected chi connectivity index (χ3v) is 2.30. The first kappa shape index (κ1) is 11.5. The topological polar surface area (TPSA) is 66.2 Å². The maximum atomic E-state index is 13.1. The summed E-state index contributed by atoms with van der Waals surface area (Å²) in [5.74, 6) is -3.75. The first-order valence-corrected chi connectivity index (χ1v) is 4.80. The molecule has 4 nitrogen and oxygen atoms in total. The van der Waals surface area contributed by atoms with Gasteiger partial charge >= 0.3 is 5.97 Å². The maximum absolute atomic E-state index is 13.1. The first-order valence-electron chi connectivity index (χ1n) is 4.39. The molecule has 1 aromatic heterocycles. The van der Waals surface area contributed by atoms with Gasteiger partial charge in [-0.1, -0.05) is 0 Å². The third kappa shape index (κ3) is 2.09. The fraction of sp³-hybridized carbons (Fsp3) is 0. The highest BCUT2D eigenvalue weighted by Crippen LogP contribution is 2.25. The number of benzene rings is 1. The molecule has 0 fully saturated rings. The standard InChI is InChI=1S/C10H5F2NO3S/c11-6-1-4(8-3-16-10(17)13-8)5(9(14)15)2-7(6)12/h1-3H,(H,13,17)(H,14,15). The minimum Gasteiger partial charge on any atom is -0.478 e. The average Bonchev–Trinajstić information content (AvgIpc) is 2.68. The molecule has 0 atom stereocenters. The van der Waals surface area contributed by atoms with Gasteiger partial charge in [-0.05, 0) is 24.4 Å². The number of carbonyl (C=O) groups is 1. The van der Waals surface area contributed by atoms with Gasteiger partial charge in [-0.2, -0.15) is 0 Å². The Morgan fingerprint density at radius 3 is 2.53 bits per heavy atom. The second kappa shape index (κ2) is 4.10. The largest absolute Gasteiger partial charge is 0.478 e. The number of oxazole rings is 1. The number of aromatic amines is 1. The Morgan fingerprint density at radius 2 is 2.00 bits per heavy atom. The lowest BCUT2D eigenvalue weighted by atomic mass is 10.0. The number of hydrogen-bond donors (Lipinski definition) is 2. The molecule has 0 spiro atoms. The molecular formula is C10H5F2NO3S. The zero-order valence-corrected chi connectivity index (χ0v) is 8.98. The van der Waals surface area contributed by atoms with Crippen molar-refractivity contribution in [1.82, 2.24) is 4.98 Å². The molecule has 0 aliphatic heterocycles. The van der Waals surface area contributed by atoms with Crippen LogP contribution in [-0.2, 0) is 0 Å². The van der Waals surface area contributed by atoms with E-state index in [2.05, 4.69) is 17.2 Å². The monoisotopic (exact) mass is 257 g/mol. The third-order valence-electron chi connectivity index (χ3n) is 2.10. The van der Waals surface area contributed by atoms with Crippen molar-refractivity contribution in [3.8, 4) is 11.3 Å². The smallest absolute Gasteiger partial charge is 0.336 e. The molecule has 2 rings (SSSR count). The van der Waals surface area contributed by atoms with Crippen molar-refractivity contribution >= 4 is 18.2 Å². The van der Waals surface area contributed by atoms with Gasteiger partial charge in [0.1, 0.15) is 6.26 Å². The maximum Gasteiger partial charge on any atom is 0.336 e. The van der Waals surface area contributed by atoms with E-state index in [1.54, 1.807) is 0 Å². The van der Waals surface area contributed by atoms with Gasteiger partial charge in [-0.15, -0.1) is 0 Å². The lowest BCUT2D eigenvalue weighted by molar-refractivity contribution is 0.0697. The van der Waals surface area contributed by atoms with Gasteiger partial charge in [0.2, 0.25) is 0 Å². The number of aromatic nitrogens is 1. The number of nitrogens with one attached hydrogen (secondary N) is 1. The highest BCUT2D eigenvalue weighted by molar-refractivity contribution is 7.71. The molecule has 0 bridgehead atoms. The second-order valence-electron chi connectivity index (χ2n) is 3.18. The summed E-state index contributed by atoms with van der Waals surface area (Å²) < 4.78 is 30.8.